The first kappa shape index (κ1) is 14.1. The lowest BCUT2D eigenvalue weighted by Crippen LogP contribution is -2.18. The summed E-state index contributed by atoms with van der Waals surface area (Å²) in [5.41, 5.74) is 2.16. The van der Waals surface area contributed by atoms with Gasteiger partial charge in [0.1, 0.15) is 0 Å². The highest BCUT2D eigenvalue weighted by Gasteiger charge is 2.25. The average Bonchev–Trinajstić information content (AvgIpc) is 2.28. The Morgan fingerprint density at radius 3 is 1.88 bits per heavy atom. The van der Waals surface area contributed by atoms with Gasteiger partial charge in [-0.3, -0.25) is 5.11 Å². The molecule has 0 aliphatic rings. The fraction of sp³-hybridized carbons (Fsp3) is 0.625. The second-order valence-corrected chi connectivity index (χ2v) is 6.19. The minimum atomic E-state index is -0.0219. The molecule has 0 saturated heterocycles. The van der Waals surface area contributed by atoms with Crippen molar-refractivity contribution in [3.8, 4) is 5.75 Å². The molecule has 0 saturated carbocycles. The van der Waals surface area contributed by atoms with Gasteiger partial charge in [-0.1, -0.05) is 53.7 Å². The van der Waals surface area contributed by atoms with Crippen LogP contribution in [0.25, 0.3) is 0 Å². The Kier molecular flexibility index (Phi) is 3.91. The van der Waals surface area contributed by atoms with Gasteiger partial charge in [-0.25, -0.2) is 0 Å². The fourth-order valence-corrected chi connectivity index (χ4v) is 1.90. The van der Waals surface area contributed by atoms with E-state index >= 15 is 0 Å². The Balaban J connectivity index is 3.20. The first-order valence-electron chi connectivity index (χ1n) is 6.56. The molecule has 0 atom stereocenters. The molecule has 0 aliphatic carbocycles. The van der Waals surface area contributed by atoms with E-state index in [1.165, 1.54) is 0 Å². The van der Waals surface area contributed by atoms with Gasteiger partial charge >= 0.3 is 0 Å². The van der Waals surface area contributed by atoms with Gasteiger partial charge in [0.25, 0.3) is 0 Å². The molecule has 95 valence electrons. The topological polar surface area (TPSA) is 19.9 Å². The quantitative estimate of drug-likeness (QED) is 0.680. The third kappa shape index (κ3) is 2.83. The lowest BCUT2D eigenvalue weighted by Gasteiger charge is -2.27. The van der Waals surface area contributed by atoms with Crippen LogP contribution in [0.5, 0.6) is 5.75 Å². The molecular weight excluding hydrogens is 208 g/mol. The molecule has 17 heavy (non-hydrogen) atoms. The van der Waals surface area contributed by atoms with Crippen LogP contribution in [0, 0.1) is 0 Å². The molecule has 1 rings (SSSR count). The van der Waals surface area contributed by atoms with Crippen LogP contribution in [-0.2, 0) is 15.9 Å². The molecule has 0 unspecified atom stereocenters. The summed E-state index contributed by atoms with van der Waals surface area (Å²) in [5.74, 6) is 0.191. The van der Waals surface area contributed by atoms with Crippen LogP contribution in [0.2, 0.25) is 0 Å². The van der Waals surface area contributed by atoms with Crippen molar-refractivity contribution in [1.29, 1.82) is 0 Å². The van der Waals surface area contributed by atoms with E-state index in [0.29, 0.717) is 0 Å². The SMILES string of the molecule is CCC(C)(C)c1ccc(C(C)(C)CC)c([O])c1. The predicted octanol–water partition coefficient (Wildman–Crippen LogP) is 5.21. The van der Waals surface area contributed by atoms with Crippen molar-refractivity contribution in [2.75, 3.05) is 0 Å². The maximum atomic E-state index is 12.2. The van der Waals surface area contributed by atoms with E-state index in [-0.39, 0.29) is 16.6 Å². The van der Waals surface area contributed by atoms with E-state index in [4.69, 9.17) is 0 Å². The van der Waals surface area contributed by atoms with Gasteiger partial charge in [-0.2, -0.15) is 0 Å². The number of benzene rings is 1. The van der Waals surface area contributed by atoms with E-state index in [2.05, 4.69) is 47.6 Å². The van der Waals surface area contributed by atoms with Crippen molar-refractivity contribution in [3.05, 3.63) is 29.3 Å². The molecule has 0 aromatic heterocycles. The first-order valence-corrected chi connectivity index (χ1v) is 6.56. The van der Waals surface area contributed by atoms with Crippen LogP contribution >= 0.6 is 0 Å². The summed E-state index contributed by atoms with van der Waals surface area (Å²) in [6, 6.07) is 5.98. The highest BCUT2D eigenvalue weighted by atomic mass is 16.3. The highest BCUT2D eigenvalue weighted by Crippen LogP contribution is 2.37. The molecule has 1 heteroatoms. The largest absolute Gasteiger partial charge is 0.290 e. The van der Waals surface area contributed by atoms with Crippen molar-refractivity contribution in [2.45, 2.75) is 65.2 Å². The van der Waals surface area contributed by atoms with E-state index in [0.717, 1.165) is 24.0 Å². The zero-order chi connectivity index (χ0) is 13.3. The van der Waals surface area contributed by atoms with Crippen LogP contribution in [0.15, 0.2) is 18.2 Å². The van der Waals surface area contributed by atoms with Gasteiger partial charge in [-0.05, 0) is 35.3 Å². The Hall–Kier alpha value is -0.980. The second-order valence-electron chi connectivity index (χ2n) is 6.19. The van der Waals surface area contributed by atoms with Gasteiger partial charge in [0.2, 0.25) is 0 Å². The van der Waals surface area contributed by atoms with Gasteiger partial charge in [0, 0.05) is 5.56 Å². The van der Waals surface area contributed by atoms with Crippen molar-refractivity contribution in [1.82, 2.24) is 0 Å². The zero-order valence-electron chi connectivity index (χ0n) is 12.1. The number of rotatable bonds is 4. The summed E-state index contributed by atoms with van der Waals surface area (Å²) >= 11 is 0. The molecule has 1 aromatic carbocycles. The maximum absolute atomic E-state index is 12.2. The smallest absolute Gasteiger partial charge is 0.182 e. The molecule has 0 heterocycles. The van der Waals surface area contributed by atoms with E-state index in [9.17, 15) is 5.11 Å². The molecule has 0 N–H and O–H groups in total. The summed E-state index contributed by atoms with van der Waals surface area (Å²) in [7, 11) is 0. The maximum Gasteiger partial charge on any atom is 0.182 e. The lowest BCUT2D eigenvalue weighted by molar-refractivity contribution is 0.334. The van der Waals surface area contributed by atoms with Crippen molar-refractivity contribution < 1.29 is 5.11 Å². The molecule has 0 amide bonds. The monoisotopic (exact) mass is 233 g/mol. The van der Waals surface area contributed by atoms with Crippen LogP contribution in [0.4, 0.5) is 0 Å². The summed E-state index contributed by atoms with van der Waals surface area (Å²) in [5, 5.41) is 12.2. The Bertz CT molecular complexity index is 389. The average molecular weight is 233 g/mol. The minimum absolute atomic E-state index is 0.0219. The van der Waals surface area contributed by atoms with Crippen molar-refractivity contribution >= 4 is 0 Å². The predicted molar refractivity (Wildman–Crippen MR) is 73.2 cm³/mol. The summed E-state index contributed by atoms with van der Waals surface area (Å²) < 4.78 is 0. The summed E-state index contributed by atoms with van der Waals surface area (Å²) in [6.45, 7) is 12.9. The van der Waals surface area contributed by atoms with Crippen LogP contribution in [0.3, 0.4) is 0 Å². The van der Waals surface area contributed by atoms with Gasteiger partial charge < -0.3 is 0 Å². The number of hydrogen-bond acceptors (Lipinski definition) is 0. The molecule has 1 nitrogen and oxygen atoms in total. The minimum Gasteiger partial charge on any atom is -0.290 e. The van der Waals surface area contributed by atoms with Gasteiger partial charge in [-0.15, -0.1) is 0 Å². The normalized spacial score (nSPS) is 12.8. The Morgan fingerprint density at radius 1 is 0.941 bits per heavy atom. The van der Waals surface area contributed by atoms with Crippen LogP contribution < -0.4 is 0 Å². The number of hydrogen-bond donors (Lipinski definition) is 0. The van der Waals surface area contributed by atoms with E-state index in [1.54, 1.807) is 0 Å². The molecule has 0 spiro atoms. The standard InChI is InChI=1S/C16H25O/c1-7-15(3,4)12-9-10-13(14(17)11-12)16(5,6)8-2/h9-11H,7-8H2,1-6H3. The molecular formula is C16H25O. The van der Waals surface area contributed by atoms with Crippen molar-refractivity contribution in [2.24, 2.45) is 0 Å². The van der Waals surface area contributed by atoms with Gasteiger partial charge in [0.05, 0.1) is 0 Å². The summed E-state index contributed by atoms with van der Waals surface area (Å²) in [6.07, 6.45) is 2.03. The Labute approximate surface area is 106 Å². The second kappa shape index (κ2) is 4.72. The molecule has 0 aliphatic heterocycles. The third-order valence-electron chi connectivity index (χ3n) is 4.26. The zero-order valence-corrected chi connectivity index (χ0v) is 12.1. The van der Waals surface area contributed by atoms with Crippen LogP contribution in [-0.4, -0.2) is 0 Å². The molecule has 0 fully saturated rings. The third-order valence-corrected chi connectivity index (χ3v) is 4.26. The molecule has 1 radical (unpaired) electrons. The van der Waals surface area contributed by atoms with Gasteiger partial charge in [0.15, 0.2) is 5.75 Å². The van der Waals surface area contributed by atoms with Crippen molar-refractivity contribution in [3.63, 3.8) is 0 Å². The van der Waals surface area contributed by atoms with E-state index < -0.39 is 0 Å². The summed E-state index contributed by atoms with van der Waals surface area (Å²) in [4.78, 5) is 0. The molecule has 1 aromatic rings. The first-order chi connectivity index (χ1) is 7.74. The fourth-order valence-electron chi connectivity index (χ4n) is 1.90. The Morgan fingerprint density at radius 2 is 1.47 bits per heavy atom. The van der Waals surface area contributed by atoms with E-state index in [1.807, 2.05) is 12.1 Å². The van der Waals surface area contributed by atoms with Crippen LogP contribution in [0.1, 0.15) is 65.5 Å². The lowest BCUT2D eigenvalue weighted by atomic mass is 9.77. The molecule has 0 bridgehead atoms. The highest BCUT2D eigenvalue weighted by molar-refractivity contribution is 5.42.